The summed E-state index contributed by atoms with van der Waals surface area (Å²) in [6.07, 6.45) is 0.255. The van der Waals surface area contributed by atoms with E-state index >= 15 is 0 Å². The van der Waals surface area contributed by atoms with Gasteiger partial charge in [-0.25, -0.2) is 4.39 Å². The minimum Gasteiger partial charge on any atom is -0.347 e. The van der Waals surface area contributed by atoms with Gasteiger partial charge in [-0.15, -0.1) is 0 Å². The molecular formula is C26H18Cl2FN3O2S. The normalized spacial score (nSPS) is 16.7. The van der Waals surface area contributed by atoms with Gasteiger partial charge in [0.25, 0.3) is 5.91 Å². The first-order valence-corrected chi connectivity index (χ1v) is 12.2. The maximum atomic E-state index is 13.6. The Kier molecular flexibility index (Phi) is 7.76. The number of thioether (sulfide) groups is 1. The lowest BCUT2D eigenvalue weighted by atomic mass is 10.1. The van der Waals surface area contributed by atoms with Crippen LogP contribution in [0, 0.1) is 17.1 Å². The largest absolute Gasteiger partial charge is 0.347 e. The van der Waals surface area contributed by atoms with Crippen LogP contribution in [0.1, 0.15) is 11.1 Å². The number of benzene rings is 3. The molecule has 1 fully saturated rings. The van der Waals surface area contributed by atoms with Crippen molar-refractivity contribution >= 4 is 52.5 Å². The van der Waals surface area contributed by atoms with Crippen LogP contribution in [0.4, 0.5) is 10.1 Å². The zero-order valence-corrected chi connectivity index (χ0v) is 20.5. The Balaban J connectivity index is 1.68. The van der Waals surface area contributed by atoms with E-state index in [0.717, 1.165) is 17.3 Å². The molecule has 1 N–H and O–H groups in total. The monoisotopic (exact) mass is 525 g/mol. The van der Waals surface area contributed by atoms with Gasteiger partial charge in [-0.3, -0.25) is 14.5 Å². The molecule has 1 aliphatic rings. The number of anilines is 1. The number of nitrogens with one attached hydrogen (secondary N) is 1. The van der Waals surface area contributed by atoms with Gasteiger partial charge in [-0.05, 0) is 53.9 Å². The molecule has 3 aromatic carbocycles. The van der Waals surface area contributed by atoms with Crippen LogP contribution in [-0.2, 0) is 22.6 Å². The van der Waals surface area contributed by atoms with E-state index < -0.39 is 17.0 Å². The molecule has 0 radical (unpaired) electrons. The Morgan fingerprint density at radius 3 is 2.46 bits per heavy atom. The molecule has 1 saturated heterocycles. The van der Waals surface area contributed by atoms with Crippen molar-refractivity contribution < 1.29 is 14.0 Å². The van der Waals surface area contributed by atoms with Gasteiger partial charge in [-0.2, -0.15) is 5.26 Å². The highest BCUT2D eigenvalue weighted by Gasteiger charge is 2.41. The van der Waals surface area contributed by atoms with Gasteiger partial charge in [0, 0.05) is 22.3 Å². The first-order chi connectivity index (χ1) is 16.9. The molecule has 0 aromatic heterocycles. The number of nitriles is 1. The molecule has 4 rings (SSSR count). The van der Waals surface area contributed by atoms with E-state index in [9.17, 15) is 19.2 Å². The van der Waals surface area contributed by atoms with Crippen molar-refractivity contribution in [3.8, 4) is 6.07 Å². The number of hydrogen-bond donors (Lipinski definition) is 1. The van der Waals surface area contributed by atoms with Crippen molar-refractivity contribution in [2.75, 3.05) is 4.90 Å². The van der Waals surface area contributed by atoms with E-state index in [-0.39, 0.29) is 29.5 Å². The van der Waals surface area contributed by atoms with Crippen molar-refractivity contribution in [3.05, 3.63) is 110 Å². The number of rotatable bonds is 6. The number of carbonyl (C=O) groups is 2. The van der Waals surface area contributed by atoms with Gasteiger partial charge >= 0.3 is 0 Å². The molecule has 1 atom stereocenters. The van der Waals surface area contributed by atoms with Crippen LogP contribution < -0.4 is 10.2 Å². The summed E-state index contributed by atoms with van der Waals surface area (Å²) in [4.78, 5) is 27.8. The average Bonchev–Trinajstić information content (AvgIpc) is 3.16. The van der Waals surface area contributed by atoms with Gasteiger partial charge in [0.1, 0.15) is 22.5 Å². The lowest BCUT2D eigenvalue weighted by molar-refractivity contribution is -0.117. The number of amides is 2. The van der Waals surface area contributed by atoms with Gasteiger partial charge < -0.3 is 5.32 Å². The maximum absolute atomic E-state index is 13.6. The van der Waals surface area contributed by atoms with Crippen LogP contribution >= 0.6 is 35.0 Å². The van der Waals surface area contributed by atoms with Gasteiger partial charge in [0.2, 0.25) is 5.91 Å². The first-order valence-electron chi connectivity index (χ1n) is 10.5. The van der Waals surface area contributed by atoms with Crippen molar-refractivity contribution in [2.45, 2.75) is 18.2 Å². The molecule has 1 aliphatic heterocycles. The molecule has 5 nitrogen and oxygen atoms in total. The summed E-state index contributed by atoms with van der Waals surface area (Å²) < 4.78 is 13.6. The van der Waals surface area contributed by atoms with E-state index in [4.69, 9.17) is 23.2 Å². The van der Waals surface area contributed by atoms with Gasteiger partial charge in [0.15, 0.2) is 0 Å². The third-order valence-electron chi connectivity index (χ3n) is 5.31. The van der Waals surface area contributed by atoms with Crippen LogP contribution in [0.5, 0.6) is 0 Å². The molecular weight excluding hydrogens is 508 g/mol. The van der Waals surface area contributed by atoms with Gasteiger partial charge in [-0.1, -0.05) is 71.4 Å². The molecule has 1 unspecified atom stereocenters. The van der Waals surface area contributed by atoms with Crippen LogP contribution in [0.3, 0.4) is 0 Å². The van der Waals surface area contributed by atoms with Crippen molar-refractivity contribution in [3.63, 3.8) is 0 Å². The van der Waals surface area contributed by atoms with Crippen LogP contribution in [0.15, 0.2) is 83.4 Å². The number of halogens is 3. The smallest absolute Gasteiger partial charge is 0.264 e. The Hall–Kier alpha value is -3.31. The molecule has 0 aliphatic carbocycles. The Morgan fingerprint density at radius 1 is 1.09 bits per heavy atom. The summed E-state index contributed by atoms with van der Waals surface area (Å²) in [6.45, 7) is 0.219. The number of nitrogens with zero attached hydrogens (tertiary/aromatic N) is 2. The maximum Gasteiger partial charge on any atom is 0.264 e. The third-order valence-corrected chi connectivity index (χ3v) is 7.16. The van der Waals surface area contributed by atoms with Crippen LogP contribution in [-0.4, -0.2) is 17.1 Å². The first kappa shape index (κ1) is 24.8. The molecule has 2 amide bonds. The Labute approximate surface area is 216 Å². The van der Waals surface area contributed by atoms with E-state index in [0.29, 0.717) is 21.3 Å². The minimum absolute atomic E-state index is 0.185. The highest BCUT2D eigenvalue weighted by atomic mass is 35.5. The molecule has 0 saturated carbocycles. The van der Waals surface area contributed by atoms with Crippen molar-refractivity contribution in [2.24, 2.45) is 0 Å². The van der Waals surface area contributed by atoms with E-state index in [1.807, 2.05) is 36.4 Å². The summed E-state index contributed by atoms with van der Waals surface area (Å²) >= 11 is 13.4. The molecule has 0 bridgehead atoms. The predicted octanol–water partition coefficient (Wildman–Crippen LogP) is 5.88. The Bertz CT molecular complexity index is 1340. The minimum atomic E-state index is -0.654. The van der Waals surface area contributed by atoms with E-state index in [1.54, 1.807) is 18.2 Å². The fraction of sp³-hybridized carbons (Fsp3) is 0.115. The molecule has 0 spiro atoms. The SMILES string of the molecule is N#CC(C(=O)NCc1ccccc1)=C1SC(Cc2ccc(Cl)cc2Cl)C(=O)N1c1ccc(F)cc1. The summed E-state index contributed by atoms with van der Waals surface area (Å²) in [5, 5.41) is 13.0. The van der Waals surface area contributed by atoms with Crippen molar-refractivity contribution in [1.82, 2.24) is 5.32 Å². The van der Waals surface area contributed by atoms with E-state index in [1.165, 1.54) is 29.2 Å². The fourth-order valence-corrected chi connectivity index (χ4v) is 5.35. The number of hydrogen-bond acceptors (Lipinski definition) is 4. The molecule has 176 valence electrons. The highest BCUT2D eigenvalue weighted by Crippen LogP contribution is 2.42. The lowest BCUT2D eigenvalue weighted by Crippen LogP contribution is -2.32. The fourth-order valence-electron chi connectivity index (χ4n) is 3.57. The molecule has 9 heteroatoms. The average molecular weight is 526 g/mol. The predicted molar refractivity (Wildman–Crippen MR) is 136 cm³/mol. The molecule has 3 aromatic rings. The zero-order valence-electron chi connectivity index (χ0n) is 18.2. The summed E-state index contributed by atoms with van der Waals surface area (Å²) in [5.74, 6) is -1.42. The third kappa shape index (κ3) is 5.68. The summed E-state index contributed by atoms with van der Waals surface area (Å²) in [7, 11) is 0. The van der Waals surface area contributed by atoms with Crippen molar-refractivity contribution in [1.29, 1.82) is 5.26 Å². The van der Waals surface area contributed by atoms with Crippen LogP contribution in [0.2, 0.25) is 10.0 Å². The second kappa shape index (κ2) is 11.0. The van der Waals surface area contributed by atoms with E-state index in [2.05, 4.69) is 5.32 Å². The molecule has 35 heavy (non-hydrogen) atoms. The topological polar surface area (TPSA) is 73.2 Å². The number of carbonyl (C=O) groups excluding carboxylic acids is 2. The Morgan fingerprint density at radius 2 is 1.80 bits per heavy atom. The molecule has 1 heterocycles. The quantitative estimate of drug-likeness (QED) is 0.322. The van der Waals surface area contributed by atoms with Crippen LogP contribution in [0.25, 0.3) is 0 Å². The second-order valence-electron chi connectivity index (χ2n) is 7.66. The highest BCUT2D eigenvalue weighted by molar-refractivity contribution is 8.05. The summed E-state index contributed by atoms with van der Waals surface area (Å²) in [6, 6.07) is 21.5. The van der Waals surface area contributed by atoms with Gasteiger partial charge in [0.05, 0.1) is 5.25 Å². The second-order valence-corrected chi connectivity index (χ2v) is 9.69. The zero-order chi connectivity index (χ0) is 24.9. The lowest BCUT2D eigenvalue weighted by Gasteiger charge is -2.18. The summed E-state index contributed by atoms with van der Waals surface area (Å²) in [5.41, 5.74) is 1.72. The standard InChI is InChI=1S/C26H18Cl2FN3O2S/c27-18-7-6-17(22(28)13-18)12-23-25(34)32(20-10-8-19(29)9-11-20)26(35-23)21(14-30)24(33)31-15-16-4-2-1-3-5-16/h1-11,13,23H,12,15H2,(H,31,33).